The summed E-state index contributed by atoms with van der Waals surface area (Å²) in [7, 11) is 0. The summed E-state index contributed by atoms with van der Waals surface area (Å²) < 4.78 is 0. The molecule has 1 heterocycles. The molecular formula is C18H15ClN4O. The number of aromatic nitrogens is 2. The lowest BCUT2D eigenvalue weighted by Gasteiger charge is -2.09. The van der Waals surface area contributed by atoms with Gasteiger partial charge in [-0.05, 0) is 42.8 Å². The Bertz CT molecular complexity index is 882. The summed E-state index contributed by atoms with van der Waals surface area (Å²) in [6.45, 7) is 1.98. The Kier molecular flexibility index (Phi) is 4.72. The molecule has 5 nitrogen and oxygen atoms in total. The van der Waals surface area contributed by atoms with Crippen LogP contribution in [0.15, 0.2) is 60.8 Å². The van der Waals surface area contributed by atoms with Crippen LogP contribution in [-0.2, 0) is 0 Å². The molecule has 0 saturated heterocycles. The van der Waals surface area contributed by atoms with Gasteiger partial charge in [-0.1, -0.05) is 35.9 Å². The van der Waals surface area contributed by atoms with Crippen LogP contribution >= 0.6 is 11.6 Å². The molecule has 1 amide bonds. The summed E-state index contributed by atoms with van der Waals surface area (Å²) in [5.41, 5.74) is 2.83. The number of halogens is 1. The Morgan fingerprint density at radius 3 is 2.71 bits per heavy atom. The third kappa shape index (κ3) is 3.88. The van der Waals surface area contributed by atoms with Crippen molar-refractivity contribution in [2.24, 2.45) is 0 Å². The molecule has 120 valence electrons. The van der Waals surface area contributed by atoms with Gasteiger partial charge in [0.1, 0.15) is 5.69 Å². The molecule has 6 heteroatoms. The Morgan fingerprint density at radius 2 is 1.92 bits per heavy atom. The third-order valence-corrected chi connectivity index (χ3v) is 3.60. The molecule has 0 aliphatic heterocycles. The highest BCUT2D eigenvalue weighted by molar-refractivity contribution is 6.30. The van der Waals surface area contributed by atoms with Crippen molar-refractivity contribution in [3.05, 3.63) is 77.1 Å². The Morgan fingerprint density at radius 1 is 1.08 bits per heavy atom. The zero-order valence-corrected chi connectivity index (χ0v) is 13.7. The van der Waals surface area contributed by atoms with Crippen LogP contribution in [0, 0.1) is 6.92 Å². The average molecular weight is 339 g/mol. The van der Waals surface area contributed by atoms with Crippen molar-refractivity contribution >= 4 is 34.8 Å². The lowest BCUT2D eigenvalue weighted by Crippen LogP contribution is -2.14. The fraction of sp³-hybridized carbons (Fsp3) is 0.0556. The van der Waals surface area contributed by atoms with Gasteiger partial charge in [-0.3, -0.25) is 4.79 Å². The molecule has 0 spiro atoms. The van der Waals surface area contributed by atoms with E-state index in [0.717, 1.165) is 11.3 Å². The predicted molar refractivity (Wildman–Crippen MR) is 95.9 cm³/mol. The number of carbonyl (C=O) groups is 1. The summed E-state index contributed by atoms with van der Waals surface area (Å²) in [4.78, 5) is 20.7. The molecule has 0 radical (unpaired) electrons. The van der Waals surface area contributed by atoms with Gasteiger partial charge in [0.25, 0.3) is 5.91 Å². The van der Waals surface area contributed by atoms with Crippen LogP contribution < -0.4 is 10.6 Å². The molecule has 0 atom stereocenters. The molecule has 0 unspecified atom stereocenters. The van der Waals surface area contributed by atoms with Crippen LogP contribution in [0.3, 0.4) is 0 Å². The van der Waals surface area contributed by atoms with E-state index in [4.69, 9.17) is 11.6 Å². The van der Waals surface area contributed by atoms with Crippen molar-refractivity contribution < 1.29 is 4.79 Å². The van der Waals surface area contributed by atoms with Crippen molar-refractivity contribution in [3.8, 4) is 0 Å². The SMILES string of the molecule is Cc1ccccc1Nc1nccc(C(=O)Nc2cccc(Cl)c2)n1. The molecule has 24 heavy (non-hydrogen) atoms. The Balaban J connectivity index is 1.77. The van der Waals surface area contributed by atoms with E-state index >= 15 is 0 Å². The second-order valence-corrected chi connectivity index (χ2v) is 5.61. The molecule has 0 fully saturated rings. The molecule has 0 aliphatic carbocycles. The minimum absolute atomic E-state index is 0.265. The van der Waals surface area contributed by atoms with E-state index in [-0.39, 0.29) is 11.6 Å². The zero-order chi connectivity index (χ0) is 16.9. The molecule has 2 N–H and O–H groups in total. The standard InChI is InChI=1S/C18H15ClN4O/c1-12-5-2-3-8-15(12)22-18-20-10-9-16(23-18)17(24)21-14-7-4-6-13(19)11-14/h2-11H,1H3,(H,21,24)(H,20,22,23). The van der Waals surface area contributed by atoms with E-state index in [9.17, 15) is 4.79 Å². The molecular weight excluding hydrogens is 324 g/mol. The van der Waals surface area contributed by atoms with Crippen molar-refractivity contribution in [2.75, 3.05) is 10.6 Å². The van der Waals surface area contributed by atoms with Gasteiger partial charge < -0.3 is 10.6 Å². The zero-order valence-electron chi connectivity index (χ0n) is 13.0. The number of nitrogens with one attached hydrogen (secondary N) is 2. The highest BCUT2D eigenvalue weighted by Gasteiger charge is 2.10. The maximum atomic E-state index is 12.3. The smallest absolute Gasteiger partial charge is 0.274 e. The number of aryl methyl sites for hydroxylation is 1. The van der Waals surface area contributed by atoms with Crippen LogP contribution in [0.25, 0.3) is 0 Å². The summed E-state index contributed by atoms with van der Waals surface area (Å²) in [6, 6.07) is 16.3. The van der Waals surface area contributed by atoms with Gasteiger partial charge in [-0.15, -0.1) is 0 Å². The molecule has 1 aromatic heterocycles. The summed E-state index contributed by atoms with van der Waals surface area (Å²) >= 11 is 5.92. The van der Waals surface area contributed by atoms with Crippen LogP contribution in [0.2, 0.25) is 5.02 Å². The number of hydrogen-bond donors (Lipinski definition) is 2. The van der Waals surface area contributed by atoms with E-state index in [1.54, 1.807) is 36.5 Å². The van der Waals surface area contributed by atoms with E-state index in [1.165, 1.54) is 0 Å². The van der Waals surface area contributed by atoms with Gasteiger partial charge in [-0.2, -0.15) is 0 Å². The second kappa shape index (κ2) is 7.10. The molecule has 0 saturated carbocycles. The molecule has 0 bridgehead atoms. The molecule has 3 rings (SSSR count). The second-order valence-electron chi connectivity index (χ2n) is 5.17. The quantitative estimate of drug-likeness (QED) is 0.738. The molecule has 3 aromatic rings. The minimum Gasteiger partial charge on any atom is -0.324 e. The van der Waals surface area contributed by atoms with E-state index < -0.39 is 0 Å². The third-order valence-electron chi connectivity index (χ3n) is 3.36. The lowest BCUT2D eigenvalue weighted by atomic mass is 10.2. The number of benzene rings is 2. The number of nitrogens with zero attached hydrogens (tertiary/aromatic N) is 2. The number of rotatable bonds is 4. The predicted octanol–water partition coefficient (Wildman–Crippen LogP) is 4.43. The number of carbonyl (C=O) groups excluding carboxylic acids is 1. The van der Waals surface area contributed by atoms with E-state index in [0.29, 0.717) is 16.7 Å². The first-order chi connectivity index (χ1) is 11.6. The van der Waals surface area contributed by atoms with Gasteiger partial charge in [0.15, 0.2) is 0 Å². The van der Waals surface area contributed by atoms with Gasteiger partial charge in [0.2, 0.25) is 5.95 Å². The minimum atomic E-state index is -0.326. The lowest BCUT2D eigenvalue weighted by molar-refractivity contribution is 0.102. The average Bonchev–Trinajstić information content (AvgIpc) is 2.57. The van der Waals surface area contributed by atoms with Crippen LogP contribution in [-0.4, -0.2) is 15.9 Å². The normalized spacial score (nSPS) is 10.2. The Hall–Kier alpha value is -2.92. The fourth-order valence-electron chi connectivity index (χ4n) is 2.14. The van der Waals surface area contributed by atoms with Gasteiger partial charge in [0, 0.05) is 22.6 Å². The fourth-order valence-corrected chi connectivity index (χ4v) is 2.33. The monoisotopic (exact) mass is 338 g/mol. The van der Waals surface area contributed by atoms with Crippen molar-refractivity contribution in [1.82, 2.24) is 9.97 Å². The van der Waals surface area contributed by atoms with Gasteiger partial charge >= 0.3 is 0 Å². The maximum Gasteiger partial charge on any atom is 0.274 e. The van der Waals surface area contributed by atoms with Gasteiger partial charge in [-0.25, -0.2) is 9.97 Å². The molecule has 0 aliphatic rings. The first kappa shape index (κ1) is 16.0. The van der Waals surface area contributed by atoms with Crippen LogP contribution in [0.1, 0.15) is 16.1 Å². The first-order valence-corrected chi connectivity index (χ1v) is 7.72. The topological polar surface area (TPSA) is 66.9 Å². The van der Waals surface area contributed by atoms with E-state index in [2.05, 4.69) is 20.6 Å². The first-order valence-electron chi connectivity index (χ1n) is 7.34. The van der Waals surface area contributed by atoms with Crippen molar-refractivity contribution in [3.63, 3.8) is 0 Å². The van der Waals surface area contributed by atoms with E-state index in [1.807, 2.05) is 31.2 Å². The summed E-state index contributed by atoms with van der Waals surface area (Å²) in [5, 5.41) is 6.43. The highest BCUT2D eigenvalue weighted by atomic mass is 35.5. The van der Waals surface area contributed by atoms with Crippen LogP contribution in [0.4, 0.5) is 17.3 Å². The van der Waals surface area contributed by atoms with Crippen molar-refractivity contribution in [2.45, 2.75) is 6.92 Å². The van der Waals surface area contributed by atoms with Crippen LogP contribution in [0.5, 0.6) is 0 Å². The summed E-state index contributed by atoms with van der Waals surface area (Å²) in [5.74, 6) is 0.0375. The number of anilines is 3. The maximum absolute atomic E-state index is 12.3. The number of hydrogen-bond acceptors (Lipinski definition) is 4. The van der Waals surface area contributed by atoms with Gasteiger partial charge in [0.05, 0.1) is 0 Å². The largest absolute Gasteiger partial charge is 0.324 e. The number of para-hydroxylation sites is 1. The highest BCUT2D eigenvalue weighted by Crippen LogP contribution is 2.18. The van der Waals surface area contributed by atoms with Crippen molar-refractivity contribution in [1.29, 1.82) is 0 Å². The molecule has 2 aromatic carbocycles. The summed E-state index contributed by atoms with van der Waals surface area (Å²) in [6.07, 6.45) is 1.54. The Labute approximate surface area is 144 Å². The number of amides is 1.